The van der Waals surface area contributed by atoms with Gasteiger partial charge in [0.15, 0.2) is 0 Å². The number of carbonyl (C=O) groups is 1. The summed E-state index contributed by atoms with van der Waals surface area (Å²) in [6.07, 6.45) is 12.2. The largest absolute Gasteiger partial charge is 0.475 e. The van der Waals surface area contributed by atoms with Gasteiger partial charge in [-0.2, -0.15) is 4.98 Å². The van der Waals surface area contributed by atoms with Crippen molar-refractivity contribution in [1.82, 2.24) is 24.8 Å². The van der Waals surface area contributed by atoms with Crippen LogP contribution in [0.15, 0.2) is 65.8 Å². The maximum atomic E-state index is 14.6. The number of benzene rings is 2. The van der Waals surface area contributed by atoms with Crippen molar-refractivity contribution < 1.29 is 17.9 Å². The lowest BCUT2D eigenvalue weighted by Crippen LogP contribution is -2.45. The fourth-order valence-electron chi connectivity index (χ4n) is 7.73. The second-order valence-corrected chi connectivity index (χ2v) is 15.7. The molecule has 50 heavy (non-hydrogen) atoms. The van der Waals surface area contributed by atoms with Crippen LogP contribution < -0.4 is 14.4 Å². The van der Waals surface area contributed by atoms with Crippen molar-refractivity contribution in [1.29, 1.82) is 0 Å². The van der Waals surface area contributed by atoms with Crippen LogP contribution >= 0.6 is 0 Å². The summed E-state index contributed by atoms with van der Waals surface area (Å²) in [5.74, 6) is 1.07. The van der Waals surface area contributed by atoms with Gasteiger partial charge in [-0.25, -0.2) is 23.1 Å². The standard InChI is InChI=1S/C38H45N7O4S/c1-25-10-7-11-26(2)36(25)33-20-35-42-38(41-33)43-50(47,48)32-16-8-15-29(19-32)37(46)45(31(24-49-35)18-28-13-5-4-6-14-28)23-30-21-39-22-34(40-30)44-17-9-12-27(44)3/h7-8,10-11,15-16,19-22,27-28,31H,4-6,9,12-14,17-18,23-24H2,1-3H3,(H,41,42,43)/t27-,31-/m1/s1. The van der Waals surface area contributed by atoms with Crippen molar-refractivity contribution in [3.63, 3.8) is 0 Å². The number of sulfonamides is 1. The maximum Gasteiger partial charge on any atom is 0.264 e. The first-order valence-electron chi connectivity index (χ1n) is 17.7. The highest BCUT2D eigenvalue weighted by Gasteiger charge is 2.32. The highest BCUT2D eigenvalue weighted by atomic mass is 32.2. The average molecular weight is 696 g/mol. The Balaban J connectivity index is 1.33. The minimum Gasteiger partial charge on any atom is -0.475 e. The van der Waals surface area contributed by atoms with Gasteiger partial charge in [-0.15, -0.1) is 0 Å². The van der Waals surface area contributed by atoms with Gasteiger partial charge in [0.1, 0.15) is 12.4 Å². The lowest BCUT2D eigenvalue weighted by Gasteiger charge is -2.35. The van der Waals surface area contributed by atoms with Crippen LogP contribution in [0.1, 0.15) is 85.5 Å². The van der Waals surface area contributed by atoms with Gasteiger partial charge in [0.2, 0.25) is 11.8 Å². The number of hydrogen-bond donors (Lipinski definition) is 1. The molecule has 0 spiro atoms. The highest BCUT2D eigenvalue weighted by Crippen LogP contribution is 2.33. The molecule has 2 fully saturated rings. The number of ether oxygens (including phenoxy) is 1. The van der Waals surface area contributed by atoms with E-state index >= 15 is 0 Å². The van der Waals surface area contributed by atoms with E-state index in [1.807, 2.05) is 32.0 Å². The molecule has 1 aliphatic carbocycles. The monoisotopic (exact) mass is 695 g/mol. The molecular weight excluding hydrogens is 651 g/mol. The maximum absolute atomic E-state index is 14.6. The first kappa shape index (κ1) is 33.9. The zero-order valence-electron chi connectivity index (χ0n) is 29.0. The number of hydrogen-bond acceptors (Lipinski definition) is 9. The quantitative estimate of drug-likeness (QED) is 0.234. The number of rotatable bonds is 6. The predicted octanol–water partition coefficient (Wildman–Crippen LogP) is 6.71. The van der Waals surface area contributed by atoms with E-state index in [9.17, 15) is 13.2 Å². The summed E-state index contributed by atoms with van der Waals surface area (Å²) in [6, 6.07) is 13.9. The molecule has 262 valence electrons. The minimum atomic E-state index is -4.16. The van der Waals surface area contributed by atoms with E-state index < -0.39 is 10.0 Å². The molecule has 7 rings (SSSR count). The van der Waals surface area contributed by atoms with Crippen LogP contribution in [0.2, 0.25) is 0 Å². The molecule has 2 aromatic carbocycles. The summed E-state index contributed by atoms with van der Waals surface area (Å²) < 4.78 is 36.6. The van der Waals surface area contributed by atoms with Gasteiger partial charge in [0.25, 0.3) is 15.9 Å². The lowest BCUT2D eigenvalue weighted by molar-refractivity contribution is 0.0527. The molecule has 4 aromatic rings. The van der Waals surface area contributed by atoms with Gasteiger partial charge in [0.05, 0.1) is 41.3 Å². The lowest BCUT2D eigenvalue weighted by atomic mass is 9.84. The number of aryl methyl sites for hydroxylation is 2. The molecule has 4 bridgehead atoms. The molecular formula is C38H45N7O4S. The number of anilines is 2. The smallest absolute Gasteiger partial charge is 0.264 e. The summed E-state index contributed by atoms with van der Waals surface area (Å²) in [5.41, 5.74) is 4.35. The van der Waals surface area contributed by atoms with E-state index in [-0.39, 0.29) is 47.4 Å². The zero-order valence-corrected chi connectivity index (χ0v) is 29.8. The minimum absolute atomic E-state index is 0.0558. The predicted molar refractivity (Wildman–Crippen MR) is 193 cm³/mol. The van der Waals surface area contributed by atoms with Gasteiger partial charge in [-0.3, -0.25) is 9.78 Å². The third kappa shape index (κ3) is 7.31. The number of amides is 1. The van der Waals surface area contributed by atoms with Gasteiger partial charge < -0.3 is 14.5 Å². The van der Waals surface area contributed by atoms with Crippen molar-refractivity contribution in [2.24, 2.45) is 5.92 Å². The van der Waals surface area contributed by atoms with Crippen molar-refractivity contribution in [2.75, 3.05) is 22.8 Å². The summed E-state index contributed by atoms with van der Waals surface area (Å²) in [4.78, 5) is 37.4. The van der Waals surface area contributed by atoms with E-state index in [0.29, 0.717) is 23.3 Å². The Labute approximate surface area is 294 Å². The highest BCUT2D eigenvalue weighted by molar-refractivity contribution is 7.92. The number of nitrogens with zero attached hydrogens (tertiary/aromatic N) is 6. The molecule has 12 heteroatoms. The van der Waals surface area contributed by atoms with Crippen LogP contribution in [0.25, 0.3) is 11.3 Å². The number of fused-ring (bicyclic) bond motifs is 4. The second-order valence-electron chi connectivity index (χ2n) is 14.0. The van der Waals surface area contributed by atoms with Gasteiger partial charge in [0, 0.05) is 29.8 Å². The van der Waals surface area contributed by atoms with E-state index in [4.69, 9.17) is 9.72 Å². The Hall–Kier alpha value is -4.58. The Bertz CT molecular complexity index is 1960. The third-order valence-corrected chi connectivity index (χ3v) is 11.7. The number of nitrogens with one attached hydrogen (secondary N) is 1. The molecule has 4 heterocycles. The topological polar surface area (TPSA) is 131 Å². The molecule has 3 aliphatic rings. The molecule has 11 nitrogen and oxygen atoms in total. The molecule has 2 atom stereocenters. The Kier molecular flexibility index (Phi) is 9.72. The van der Waals surface area contributed by atoms with Crippen LogP contribution in [0, 0.1) is 19.8 Å². The summed E-state index contributed by atoms with van der Waals surface area (Å²) in [5, 5.41) is 0. The van der Waals surface area contributed by atoms with E-state index in [1.165, 1.54) is 18.6 Å². The molecule has 2 aromatic heterocycles. The second kappa shape index (κ2) is 14.3. The normalized spacial score (nSPS) is 21.1. The summed E-state index contributed by atoms with van der Waals surface area (Å²) >= 11 is 0. The SMILES string of the molecule is Cc1cccc(C)c1-c1cc2nc(n1)NS(=O)(=O)c1cccc(c1)C(=O)N(Cc1cncc(N3CCC[C@H]3C)n1)[C@H](CC1CCCCC1)CO2. The average Bonchev–Trinajstić information content (AvgIpc) is 3.54. The Morgan fingerprint density at radius 2 is 1.70 bits per heavy atom. The number of carbonyl (C=O) groups excluding carboxylic acids is 1. The molecule has 1 N–H and O–H groups in total. The van der Waals surface area contributed by atoms with Crippen molar-refractivity contribution in [3.05, 3.63) is 83.3 Å². The first-order chi connectivity index (χ1) is 24.1. The molecule has 1 saturated carbocycles. The van der Waals surface area contributed by atoms with Crippen LogP contribution in [0.5, 0.6) is 5.88 Å². The van der Waals surface area contributed by atoms with Crippen LogP contribution in [-0.2, 0) is 16.6 Å². The van der Waals surface area contributed by atoms with Crippen molar-refractivity contribution in [3.8, 4) is 17.1 Å². The van der Waals surface area contributed by atoms with Gasteiger partial charge >= 0.3 is 0 Å². The van der Waals surface area contributed by atoms with E-state index in [0.717, 1.165) is 74.0 Å². The van der Waals surface area contributed by atoms with E-state index in [2.05, 4.69) is 31.5 Å². The van der Waals surface area contributed by atoms with Crippen LogP contribution in [0.4, 0.5) is 11.8 Å². The fraction of sp³-hybridized carbons (Fsp3) is 0.447. The molecule has 1 amide bonds. The van der Waals surface area contributed by atoms with Crippen molar-refractivity contribution >= 4 is 27.7 Å². The molecule has 0 unspecified atom stereocenters. The molecule has 0 radical (unpaired) electrons. The Morgan fingerprint density at radius 1 is 0.920 bits per heavy atom. The first-order valence-corrected chi connectivity index (χ1v) is 19.2. The third-order valence-electron chi connectivity index (χ3n) is 10.4. The fourth-order valence-corrected chi connectivity index (χ4v) is 8.72. The zero-order chi connectivity index (χ0) is 34.8. The Morgan fingerprint density at radius 3 is 2.46 bits per heavy atom. The van der Waals surface area contributed by atoms with Gasteiger partial charge in [-0.05, 0) is 75.3 Å². The van der Waals surface area contributed by atoms with E-state index in [1.54, 1.807) is 35.5 Å². The van der Waals surface area contributed by atoms with Gasteiger partial charge in [-0.1, -0.05) is 56.4 Å². The number of aromatic nitrogens is 4. The van der Waals surface area contributed by atoms with Crippen LogP contribution in [0.3, 0.4) is 0 Å². The van der Waals surface area contributed by atoms with Crippen LogP contribution in [-0.4, -0.2) is 64.4 Å². The molecule has 2 aliphatic heterocycles. The summed E-state index contributed by atoms with van der Waals surface area (Å²) in [6.45, 7) is 7.46. The summed E-state index contributed by atoms with van der Waals surface area (Å²) in [7, 11) is -4.16. The van der Waals surface area contributed by atoms with Crippen molar-refractivity contribution in [2.45, 2.75) is 95.7 Å². The molecule has 1 saturated heterocycles.